The van der Waals surface area contributed by atoms with Crippen molar-refractivity contribution in [2.75, 3.05) is 13.2 Å². The van der Waals surface area contributed by atoms with Crippen molar-refractivity contribution in [3.63, 3.8) is 0 Å². The van der Waals surface area contributed by atoms with Gasteiger partial charge in [0.2, 0.25) is 0 Å². The molecule has 2 saturated heterocycles. The fourth-order valence-corrected chi connectivity index (χ4v) is 4.51. The summed E-state index contributed by atoms with van der Waals surface area (Å²) in [4.78, 5) is 24.9. The first kappa shape index (κ1) is 21.2. The fourth-order valence-electron chi connectivity index (χ4n) is 4.51. The van der Waals surface area contributed by atoms with Crippen LogP contribution in [0.4, 0.5) is 0 Å². The molecule has 2 rings (SSSR count). The van der Waals surface area contributed by atoms with E-state index < -0.39 is 11.7 Å². The summed E-state index contributed by atoms with van der Waals surface area (Å²) in [6.45, 7) is 7.00. The molecule has 4 atom stereocenters. The summed E-state index contributed by atoms with van der Waals surface area (Å²) in [6.07, 6.45) is 8.70. The van der Waals surface area contributed by atoms with Gasteiger partial charge in [0.1, 0.15) is 12.7 Å². The second kappa shape index (κ2) is 10.3. The topological polar surface area (TPSA) is 61.8 Å². The molecule has 5 nitrogen and oxygen atoms in total. The van der Waals surface area contributed by atoms with E-state index in [1.54, 1.807) is 6.92 Å². The van der Waals surface area contributed by atoms with Crippen LogP contribution in [0.15, 0.2) is 0 Å². The summed E-state index contributed by atoms with van der Waals surface area (Å²) in [6, 6.07) is 0. The Labute approximate surface area is 158 Å². The van der Waals surface area contributed by atoms with Gasteiger partial charge in [-0.2, -0.15) is 0 Å². The molecule has 0 aromatic rings. The molecule has 0 spiro atoms. The second-order valence-corrected chi connectivity index (χ2v) is 7.91. The van der Waals surface area contributed by atoms with E-state index in [0.717, 1.165) is 51.6 Å². The zero-order chi connectivity index (χ0) is 19.0. The maximum Gasteiger partial charge on any atom is 0.312 e. The number of hydrogen-bond donors (Lipinski definition) is 0. The molecule has 0 bridgehead atoms. The Bertz CT molecular complexity index is 463. The molecule has 0 aromatic heterocycles. The van der Waals surface area contributed by atoms with E-state index in [0.29, 0.717) is 25.2 Å². The SMILES string of the molecule is CCCCC1CCOC1(CCCC)C1CCCC(=O)OC(C)COC1=O. The van der Waals surface area contributed by atoms with Gasteiger partial charge in [-0.1, -0.05) is 39.5 Å². The minimum absolute atomic E-state index is 0.130. The number of cyclic esters (lactones) is 2. The lowest BCUT2D eigenvalue weighted by molar-refractivity contribution is -0.174. The molecule has 150 valence electrons. The third kappa shape index (κ3) is 5.21. The summed E-state index contributed by atoms with van der Waals surface area (Å²) in [5, 5.41) is 0. The molecule has 2 heterocycles. The predicted octanol–water partition coefficient (Wildman–Crippen LogP) is 4.42. The maximum atomic E-state index is 13.0. The van der Waals surface area contributed by atoms with Gasteiger partial charge in [-0.3, -0.25) is 9.59 Å². The smallest absolute Gasteiger partial charge is 0.312 e. The van der Waals surface area contributed by atoms with Crippen LogP contribution in [-0.2, 0) is 23.8 Å². The highest BCUT2D eigenvalue weighted by molar-refractivity contribution is 5.75. The number of unbranched alkanes of at least 4 members (excludes halogenated alkanes) is 2. The van der Waals surface area contributed by atoms with Gasteiger partial charge in [-0.25, -0.2) is 0 Å². The molecule has 0 amide bonds. The predicted molar refractivity (Wildman–Crippen MR) is 99.7 cm³/mol. The Morgan fingerprint density at radius 3 is 2.62 bits per heavy atom. The summed E-state index contributed by atoms with van der Waals surface area (Å²) in [5.41, 5.74) is -0.422. The van der Waals surface area contributed by atoms with Crippen LogP contribution in [0.25, 0.3) is 0 Å². The molecule has 2 aliphatic heterocycles. The van der Waals surface area contributed by atoms with Gasteiger partial charge in [0.15, 0.2) is 0 Å². The first-order chi connectivity index (χ1) is 12.5. The van der Waals surface area contributed by atoms with E-state index in [1.165, 1.54) is 0 Å². The van der Waals surface area contributed by atoms with Crippen LogP contribution in [0.1, 0.15) is 85.0 Å². The Morgan fingerprint density at radius 2 is 1.88 bits per heavy atom. The molecule has 0 aromatic carbocycles. The fraction of sp³-hybridized carbons (Fsp3) is 0.905. The van der Waals surface area contributed by atoms with E-state index in [9.17, 15) is 9.59 Å². The molecule has 0 aliphatic carbocycles. The van der Waals surface area contributed by atoms with Crippen molar-refractivity contribution in [2.24, 2.45) is 11.8 Å². The van der Waals surface area contributed by atoms with Crippen molar-refractivity contribution in [1.29, 1.82) is 0 Å². The first-order valence-corrected chi connectivity index (χ1v) is 10.5. The van der Waals surface area contributed by atoms with Crippen molar-refractivity contribution in [2.45, 2.75) is 96.7 Å². The van der Waals surface area contributed by atoms with Crippen molar-refractivity contribution in [3.8, 4) is 0 Å². The van der Waals surface area contributed by atoms with Crippen LogP contribution in [-0.4, -0.2) is 36.9 Å². The largest absolute Gasteiger partial charge is 0.461 e. The van der Waals surface area contributed by atoms with Gasteiger partial charge in [-0.15, -0.1) is 0 Å². The molecule has 2 aliphatic rings. The van der Waals surface area contributed by atoms with Gasteiger partial charge in [0, 0.05) is 13.0 Å². The van der Waals surface area contributed by atoms with Gasteiger partial charge in [0.25, 0.3) is 0 Å². The second-order valence-electron chi connectivity index (χ2n) is 7.91. The molecule has 4 unspecified atom stereocenters. The number of esters is 2. The van der Waals surface area contributed by atoms with Gasteiger partial charge >= 0.3 is 11.9 Å². The summed E-state index contributed by atoms with van der Waals surface area (Å²) in [7, 11) is 0. The molecular formula is C21H36O5. The van der Waals surface area contributed by atoms with E-state index in [2.05, 4.69) is 13.8 Å². The highest BCUT2D eigenvalue weighted by Crippen LogP contribution is 2.47. The summed E-state index contributed by atoms with van der Waals surface area (Å²) < 4.78 is 17.2. The highest BCUT2D eigenvalue weighted by Gasteiger charge is 2.52. The highest BCUT2D eigenvalue weighted by atomic mass is 16.6. The molecule has 0 saturated carbocycles. The summed E-state index contributed by atoms with van der Waals surface area (Å²) >= 11 is 0. The molecular weight excluding hydrogens is 332 g/mol. The van der Waals surface area contributed by atoms with Crippen LogP contribution in [0.2, 0.25) is 0 Å². The van der Waals surface area contributed by atoms with Crippen LogP contribution in [0.3, 0.4) is 0 Å². The molecule has 0 radical (unpaired) electrons. The Hall–Kier alpha value is -1.10. The Morgan fingerprint density at radius 1 is 1.12 bits per heavy atom. The van der Waals surface area contributed by atoms with E-state index in [-0.39, 0.29) is 24.5 Å². The van der Waals surface area contributed by atoms with Gasteiger partial charge in [-0.05, 0) is 44.9 Å². The minimum Gasteiger partial charge on any atom is -0.461 e. The molecule has 5 heteroatoms. The average molecular weight is 369 g/mol. The standard InChI is InChI=1S/C21H36O5/c1-4-6-9-17-12-14-25-21(17,13-7-5-2)18-10-8-11-19(22)26-16(3)15-24-20(18)23/h16-18H,4-15H2,1-3H3. The number of ether oxygens (including phenoxy) is 3. The monoisotopic (exact) mass is 368 g/mol. The van der Waals surface area contributed by atoms with Crippen molar-refractivity contribution in [1.82, 2.24) is 0 Å². The number of carbonyl (C=O) groups excluding carboxylic acids is 2. The number of rotatable bonds is 7. The van der Waals surface area contributed by atoms with Crippen LogP contribution < -0.4 is 0 Å². The van der Waals surface area contributed by atoms with Crippen LogP contribution >= 0.6 is 0 Å². The van der Waals surface area contributed by atoms with E-state index >= 15 is 0 Å². The normalized spacial score (nSPS) is 33.6. The lowest BCUT2D eigenvalue weighted by atomic mass is 9.70. The summed E-state index contributed by atoms with van der Waals surface area (Å²) in [5.74, 6) is -0.253. The third-order valence-corrected chi connectivity index (χ3v) is 5.90. The quantitative estimate of drug-likeness (QED) is 0.623. The Balaban J connectivity index is 2.24. The van der Waals surface area contributed by atoms with Gasteiger partial charge in [0.05, 0.1) is 11.5 Å². The number of hydrogen-bond acceptors (Lipinski definition) is 5. The van der Waals surface area contributed by atoms with Crippen molar-refractivity contribution in [3.05, 3.63) is 0 Å². The first-order valence-electron chi connectivity index (χ1n) is 10.5. The Kier molecular flexibility index (Phi) is 8.39. The molecule has 2 fully saturated rings. The molecule has 0 N–H and O–H groups in total. The zero-order valence-corrected chi connectivity index (χ0v) is 16.8. The van der Waals surface area contributed by atoms with Crippen LogP contribution in [0.5, 0.6) is 0 Å². The van der Waals surface area contributed by atoms with Crippen LogP contribution in [0, 0.1) is 11.8 Å². The molecule has 26 heavy (non-hydrogen) atoms. The zero-order valence-electron chi connectivity index (χ0n) is 16.8. The van der Waals surface area contributed by atoms with E-state index in [1.807, 2.05) is 0 Å². The van der Waals surface area contributed by atoms with E-state index in [4.69, 9.17) is 14.2 Å². The lowest BCUT2D eigenvalue weighted by Gasteiger charge is -2.41. The van der Waals surface area contributed by atoms with Crippen molar-refractivity contribution < 1.29 is 23.8 Å². The average Bonchev–Trinajstić information content (AvgIpc) is 3.02. The van der Waals surface area contributed by atoms with Crippen molar-refractivity contribution >= 4 is 11.9 Å². The minimum atomic E-state index is -0.422. The maximum absolute atomic E-state index is 13.0. The number of carbonyl (C=O) groups is 2. The lowest BCUT2D eigenvalue weighted by Crippen LogP contribution is -2.48. The third-order valence-electron chi connectivity index (χ3n) is 5.90. The van der Waals surface area contributed by atoms with Gasteiger partial charge < -0.3 is 14.2 Å².